The van der Waals surface area contributed by atoms with Crippen molar-refractivity contribution in [2.75, 3.05) is 12.3 Å². The molecule has 1 aromatic carbocycles. The van der Waals surface area contributed by atoms with Gasteiger partial charge in [0.1, 0.15) is 5.82 Å². The van der Waals surface area contributed by atoms with Crippen molar-refractivity contribution in [3.8, 4) is 0 Å². The van der Waals surface area contributed by atoms with Crippen LogP contribution in [-0.2, 0) is 16.6 Å². The third-order valence-electron chi connectivity index (χ3n) is 1.91. The van der Waals surface area contributed by atoms with Crippen molar-refractivity contribution in [2.24, 2.45) is 5.73 Å². The van der Waals surface area contributed by atoms with E-state index in [9.17, 15) is 8.60 Å². The van der Waals surface area contributed by atoms with E-state index in [1.54, 1.807) is 6.07 Å². The molecule has 0 aromatic heterocycles. The fourth-order valence-electron chi connectivity index (χ4n) is 1.13. The average molecular weight is 250 g/mol. The minimum absolute atomic E-state index is 0.330. The average Bonchev–Trinajstić information content (AvgIpc) is 2.19. The van der Waals surface area contributed by atoms with Gasteiger partial charge in [-0.3, -0.25) is 4.21 Å². The highest BCUT2D eigenvalue weighted by Crippen LogP contribution is 2.18. The molecule has 0 radical (unpaired) electrons. The normalized spacial score (nSPS) is 12.7. The van der Waals surface area contributed by atoms with Crippen LogP contribution in [0.5, 0.6) is 0 Å². The highest BCUT2D eigenvalue weighted by Gasteiger charge is 2.06. The number of halogens is 2. The smallest absolute Gasteiger partial charge is 0.124 e. The first-order chi connectivity index (χ1) is 7.13. The van der Waals surface area contributed by atoms with Crippen LogP contribution in [-0.4, -0.2) is 16.5 Å². The predicted molar refractivity (Wildman–Crippen MR) is 61.8 cm³/mol. The zero-order chi connectivity index (χ0) is 11.3. The second-order valence-corrected chi connectivity index (χ2v) is 5.15. The summed E-state index contributed by atoms with van der Waals surface area (Å²) in [5.41, 5.74) is 6.03. The fourth-order valence-corrected chi connectivity index (χ4v) is 2.67. The third kappa shape index (κ3) is 4.28. The molecule has 0 aliphatic rings. The maximum atomic E-state index is 12.7. The van der Waals surface area contributed by atoms with Crippen molar-refractivity contribution in [3.63, 3.8) is 0 Å². The second kappa shape index (κ2) is 6.20. The molecule has 15 heavy (non-hydrogen) atoms. The first-order valence-corrected chi connectivity index (χ1v) is 6.49. The summed E-state index contributed by atoms with van der Waals surface area (Å²) < 4.78 is 24.2. The molecule has 1 aromatic rings. The number of rotatable bonds is 5. The number of hydrogen-bond acceptors (Lipinski definition) is 2. The summed E-state index contributed by atoms with van der Waals surface area (Å²) in [5, 5.41) is 0.330. The Morgan fingerprint density at radius 1 is 1.47 bits per heavy atom. The molecule has 1 unspecified atom stereocenters. The number of benzene rings is 1. The van der Waals surface area contributed by atoms with Crippen molar-refractivity contribution in [1.29, 1.82) is 0 Å². The van der Waals surface area contributed by atoms with Crippen molar-refractivity contribution >= 4 is 22.4 Å². The Bertz CT molecular complexity index is 359. The molecule has 0 saturated heterocycles. The lowest BCUT2D eigenvalue weighted by atomic mass is 10.2. The summed E-state index contributed by atoms with van der Waals surface area (Å²) >= 11 is 5.81. The molecule has 0 amide bonds. The van der Waals surface area contributed by atoms with E-state index in [4.69, 9.17) is 17.3 Å². The molecule has 0 fully saturated rings. The van der Waals surface area contributed by atoms with Gasteiger partial charge in [-0.2, -0.15) is 0 Å². The van der Waals surface area contributed by atoms with Gasteiger partial charge in [0.15, 0.2) is 0 Å². The molecule has 2 nitrogen and oxygen atoms in total. The van der Waals surface area contributed by atoms with Crippen LogP contribution in [0.2, 0.25) is 5.02 Å². The lowest BCUT2D eigenvalue weighted by Gasteiger charge is -2.04. The van der Waals surface area contributed by atoms with Gasteiger partial charge in [-0.1, -0.05) is 17.7 Å². The number of hydrogen-bond donors (Lipinski definition) is 1. The molecule has 0 spiro atoms. The van der Waals surface area contributed by atoms with Gasteiger partial charge in [0.25, 0.3) is 0 Å². The summed E-state index contributed by atoms with van der Waals surface area (Å²) in [6.07, 6.45) is 0.728. The molecule has 5 heteroatoms. The van der Waals surface area contributed by atoms with Crippen LogP contribution in [0, 0.1) is 5.82 Å². The maximum Gasteiger partial charge on any atom is 0.124 e. The molecule has 2 N–H and O–H groups in total. The minimum atomic E-state index is -0.975. The van der Waals surface area contributed by atoms with Gasteiger partial charge >= 0.3 is 0 Å². The maximum absolute atomic E-state index is 12.7. The summed E-state index contributed by atoms with van der Waals surface area (Å²) in [4.78, 5) is 0. The Balaban J connectivity index is 2.60. The van der Waals surface area contributed by atoms with Gasteiger partial charge in [0, 0.05) is 27.3 Å². The van der Waals surface area contributed by atoms with E-state index in [1.165, 1.54) is 12.1 Å². The highest BCUT2D eigenvalue weighted by molar-refractivity contribution is 7.84. The SMILES string of the molecule is NCCCS(=O)Cc1ccc(F)cc1Cl. The Morgan fingerprint density at radius 2 is 2.20 bits per heavy atom. The van der Waals surface area contributed by atoms with Crippen molar-refractivity contribution < 1.29 is 8.60 Å². The molecular weight excluding hydrogens is 237 g/mol. The van der Waals surface area contributed by atoms with Crippen LogP contribution in [0.25, 0.3) is 0 Å². The largest absolute Gasteiger partial charge is 0.330 e. The third-order valence-corrected chi connectivity index (χ3v) is 3.64. The standard InChI is InChI=1S/C10H13ClFNOS/c11-10-6-9(12)3-2-8(10)7-15(14)5-1-4-13/h2-3,6H,1,4-5,7,13H2. The summed E-state index contributed by atoms with van der Waals surface area (Å²) in [5.74, 6) is 0.542. The van der Waals surface area contributed by atoms with E-state index in [-0.39, 0.29) is 5.82 Å². The van der Waals surface area contributed by atoms with Gasteiger partial charge in [-0.15, -0.1) is 0 Å². The molecule has 0 aliphatic carbocycles. The lowest BCUT2D eigenvalue weighted by Crippen LogP contribution is -2.07. The zero-order valence-corrected chi connectivity index (χ0v) is 9.78. The topological polar surface area (TPSA) is 43.1 Å². The minimum Gasteiger partial charge on any atom is -0.330 e. The molecular formula is C10H13ClFNOS. The van der Waals surface area contributed by atoms with E-state index in [0.717, 1.165) is 6.42 Å². The van der Waals surface area contributed by atoms with E-state index in [0.29, 0.717) is 28.6 Å². The van der Waals surface area contributed by atoms with Crippen LogP contribution in [0.4, 0.5) is 4.39 Å². The second-order valence-electron chi connectivity index (χ2n) is 3.17. The van der Waals surface area contributed by atoms with Crippen LogP contribution in [0.1, 0.15) is 12.0 Å². The van der Waals surface area contributed by atoms with Gasteiger partial charge < -0.3 is 5.73 Å². The van der Waals surface area contributed by atoms with Crippen LogP contribution >= 0.6 is 11.6 Å². The van der Waals surface area contributed by atoms with E-state index in [1.807, 2.05) is 0 Å². The molecule has 0 aliphatic heterocycles. The number of nitrogens with two attached hydrogens (primary N) is 1. The van der Waals surface area contributed by atoms with Crippen LogP contribution < -0.4 is 5.73 Å². The summed E-state index contributed by atoms with van der Waals surface area (Å²) in [6, 6.07) is 4.12. The summed E-state index contributed by atoms with van der Waals surface area (Å²) in [6.45, 7) is 0.531. The van der Waals surface area contributed by atoms with Crippen LogP contribution in [0.15, 0.2) is 18.2 Å². The summed E-state index contributed by atoms with van der Waals surface area (Å²) in [7, 11) is -0.975. The van der Waals surface area contributed by atoms with E-state index >= 15 is 0 Å². The predicted octanol–water partition coefficient (Wildman–Crippen LogP) is 2.08. The Labute approximate surface area is 96.1 Å². The fraction of sp³-hybridized carbons (Fsp3) is 0.400. The Morgan fingerprint density at radius 3 is 2.80 bits per heavy atom. The lowest BCUT2D eigenvalue weighted by molar-refractivity contribution is 0.627. The molecule has 1 atom stereocenters. The van der Waals surface area contributed by atoms with Crippen molar-refractivity contribution in [3.05, 3.63) is 34.6 Å². The molecule has 0 bridgehead atoms. The van der Waals surface area contributed by atoms with Gasteiger partial charge in [-0.05, 0) is 30.7 Å². The van der Waals surface area contributed by atoms with Crippen molar-refractivity contribution in [1.82, 2.24) is 0 Å². The molecule has 84 valence electrons. The Hall–Kier alpha value is -0.450. The molecule has 0 heterocycles. The van der Waals surface area contributed by atoms with Crippen LogP contribution in [0.3, 0.4) is 0 Å². The molecule has 0 saturated carbocycles. The van der Waals surface area contributed by atoms with E-state index < -0.39 is 10.8 Å². The first-order valence-electron chi connectivity index (χ1n) is 4.62. The quantitative estimate of drug-likeness (QED) is 0.868. The van der Waals surface area contributed by atoms with Gasteiger partial charge in [0.2, 0.25) is 0 Å². The van der Waals surface area contributed by atoms with Gasteiger partial charge in [-0.25, -0.2) is 4.39 Å². The first kappa shape index (κ1) is 12.6. The van der Waals surface area contributed by atoms with Gasteiger partial charge in [0.05, 0.1) is 0 Å². The monoisotopic (exact) mass is 249 g/mol. The zero-order valence-electron chi connectivity index (χ0n) is 8.21. The molecule has 1 rings (SSSR count). The van der Waals surface area contributed by atoms with Crippen molar-refractivity contribution in [2.45, 2.75) is 12.2 Å². The Kier molecular flexibility index (Phi) is 5.22. The van der Waals surface area contributed by atoms with E-state index in [2.05, 4.69) is 0 Å². The highest BCUT2D eigenvalue weighted by atomic mass is 35.5.